The van der Waals surface area contributed by atoms with Gasteiger partial charge in [-0.3, -0.25) is 14.3 Å². The van der Waals surface area contributed by atoms with Crippen LogP contribution in [0, 0.1) is 0 Å². The number of rotatable bonds is 5. The molecule has 0 bridgehead atoms. The van der Waals surface area contributed by atoms with Crippen molar-refractivity contribution in [3.05, 3.63) is 80.1 Å². The van der Waals surface area contributed by atoms with Gasteiger partial charge in [0.05, 0.1) is 19.3 Å². The molecule has 0 spiro atoms. The van der Waals surface area contributed by atoms with Crippen LogP contribution in [-0.4, -0.2) is 34.9 Å². The molecule has 0 radical (unpaired) electrons. The zero-order valence-corrected chi connectivity index (χ0v) is 23.5. The molecule has 0 fully saturated rings. The Balaban J connectivity index is 1.77. The second-order valence-electron chi connectivity index (χ2n) is 12.0. The fourth-order valence-electron chi connectivity index (χ4n) is 4.95. The van der Waals surface area contributed by atoms with Crippen LogP contribution >= 0.6 is 0 Å². The molecule has 39 heavy (non-hydrogen) atoms. The summed E-state index contributed by atoms with van der Waals surface area (Å²) in [5.74, 6) is 0.653. The van der Waals surface area contributed by atoms with E-state index in [0.717, 1.165) is 22.3 Å². The van der Waals surface area contributed by atoms with Gasteiger partial charge >= 0.3 is 11.8 Å². The number of halogens is 1. The fraction of sp³-hybridized carbons (Fsp3) is 0.433. The fourth-order valence-corrected chi connectivity index (χ4v) is 4.95. The van der Waals surface area contributed by atoms with E-state index in [-0.39, 0.29) is 18.4 Å². The first kappa shape index (κ1) is 28.1. The van der Waals surface area contributed by atoms with Crippen LogP contribution in [0.5, 0.6) is 5.75 Å². The number of fused-ring (bicyclic) bond motifs is 1. The number of hydrogen-bond acceptors (Lipinski definition) is 5. The topological polar surface area (TPSA) is 102 Å². The number of amides is 1. The average Bonchev–Trinajstić information content (AvgIpc) is 3.16. The van der Waals surface area contributed by atoms with Crippen molar-refractivity contribution in [2.45, 2.75) is 71.1 Å². The van der Waals surface area contributed by atoms with Crippen LogP contribution < -0.4 is 21.3 Å². The van der Waals surface area contributed by atoms with Crippen molar-refractivity contribution in [1.82, 2.24) is 14.9 Å². The van der Waals surface area contributed by atoms with Gasteiger partial charge in [-0.2, -0.15) is 0 Å². The summed E-state index contributed by atoms with van der Waals surface area (Å²) in [6.07, 6.45) is 1.53. The summed E-state index contributed by atoms with van der Waals surface area (Å²) in [7, 11) is 1.60. The van der Waals surface area contributed by atoms with Crippen LogP contribution in [0.25, 0.3) is 16.8 Å². The maximum atomic E-state index is 16.0. The van der Waals surface area contributed by atoms with Gasteiger partial charge in [-0.15, -0.1) is 0 Å². The Bertz CT molecular complexity index is 1530. The summed E-state index contributed by atoms with van der Waals surface area (Å²) < 4.78 is 28.5. The van der Waals surface area contributed by atoms with Crippen LogP contribution in [0.1, 0.15) is 64.7 Å². The molecule has 1 atom stereocenters. The third-order valence-corrected chi connectivity index (χ3v) is 6.79. The molecule has 1 aliphatic carbocycles. The van der Waals surface area contributed by atoms with Gasteiger partial charge in [-0.1, -0.05) is 39.0 Å². The second-order valence-corrected chi connectivity index (χ2v) is 12.0. The van der Waals surface area contributed by atoms with Crippen molar-refractivity contribution in [3.8, 4) is 22.6 Å². The van der Waals surface area contributed by atoms with Crippen LogP contribution in [0.4, 0.5) is 9.18 Å². The Morgan fingerprint density at radius 2 is 1.82 bits per heavy atom. The van der Waals surface area contributed by atoms with E-state index in [1.807, 2.05) is 45.0 Å². The zero-order valence-electron chi connectivity index (χ0n) is 23.5. The number of alkyl carbamates (subject to hydrolysis) is 1. The molecule has 4 rings (SSSR count). The molecule has 1 heterocycles. The highest BCUT2D eigenvalue weighted by molar-refractivity contribution is 5.77. The van der Waals surface area contributed by atoms with Gasteiger partial charge in [0, 0.05) is 23.4 Å². The number of aromatic amines is 1. The smallest absolute Gasteiger partial charge is 0.407 e. The molecule has 0 aliphatic heterocycles. The van der Waals surface area contributed by atoms with Crippen LogP contribution in [0.15, 0.2) is 52.2 Å². The van der Waals surface area contributed by atoms with Gasteiger partial charge in [0.15, 0.2) is 5.67 Å². The predicted octanol–water partition coefficient (Wildman–Crippen LogP) is 5.13. The van der Waals surface area contributed by atoms with Crippen molar-refractivity contribution < 1.29 is 18.7 Å². The lowest BCUT2D eigenvalue weighted by atomic mass is 9.83. The first-order chi connectivity index (χ1) is 18.1. The summed E-state index contributed by atoms with van der Waals surface area (Å²) in [5.41, 5.74) is 0.617. The molecule has 208 valence electrons. The monoisotopic (exact) mass is 537 g/mol. The van der Waals surface area contributed by atoms with E-state index in [0.29, 0.717) is 23.4 Å². The molecule has 2 N–H and O–H groups in total. The summed E-state index contributed by atoms with van der Waals surface area (Å²) in [6.45, 7) is 11.2. The van der Waals surface area contributed by atoms with E-state index in [2.05, 4.69) is 10.3 Å². The first-order valence-electron chi connectivity index (χ1n) is 13.0. The van der Waals surface area contributed by atoms with Crippen LogP contribution in [-0.2, 0) is 22.2 Å². The average molecular weight is 538 g/mol. The van der Waals surface area contributed by atoms with Gasteiger partial charge < -0.3 is 14.8 Å². The Morgan fingerprint density at radius 1 is 1.10 bits per heavy atom. The molecule has 0 saturated heterocycles. The van der Waals surface area contributed by atoms with Crippen molar-refractivity contribution in [3.63, 3.8) is 0 Å². The van der Waals surface area contributed by atoms with E-state index in [4.69, 9.17) is 9.47 Å². The number of methoxy groups -OCH3 is 1. The molecule has 8 nitrogen and oxygen atoms in total. The Hall–Kier alpha value is -3.88. The minimum absolute atomic E-state index is 0.184. The molecule has 3 aromatic rings. The molecule has 1 aliphatic rings. The van der Waals surface area contributed by atoms with Gasteiger partial charge in [0.1, 0.15) is 11.4 Å². The lowest BCUT2D eigenvalue weighted by molar-refractivity contribution is 0.0474. The highest BCUT2D eigenvalue weighted by Gasteiger charge is 2.40. The maximum absolute atomic E-state index is 16.0. The molecule has 1 amide bonds. The minimum Gasteiger partial charge on any atom is -0.496 e. The van der Waals surface area contributed by atoms with Gasteiger partial charge in [0.2, 0.25) is 0 Å². The Morgan fingerprint density at radius 3 is 2.44 bits per heavy atom. The predicted molar refractivity (Wildman–Crippen MR) is 149 cm³/mol. The number of ether oxygens (including phenoxy) is 2. The molecular formula is C30H36FN3O5. The number of nitrogens with one attached hydrogen (secondary N) is 2. The molecule has 1 aromatic heterocycles. The molecule has 9 heteroatoms. The number of benzene rings is 2. The highest BCUT2D eigenvalue weighted by Crippen LogP contribution is 2.45. The maximum Gasteiger partial charge on any atom is 0.407 e. The van der Waals surface area contributed by atoms with E-state index in [1.54, 1.807) is 33.9 Å². The third-order valence-electron chi connectivity index (χ3n) is 6.79. The van der Waals surface area contributed by atoms with Crippen molar-refractivity contribution >= 4 is 6.09 Å². The third kappa shape index (κ3) is 5.92. The second kappa shape index (κ2) is 10.0. The standard InChI is InChI=1S/C30H36FN3O5/c1-28(2,3)23-16-20(34-13-11-24(35)33-26(34)36)15-21(25(23)38-7)18-8-9-22-19(14-18)10-12-30(22,31)17-32-27(37)39-29(4,5)6/h8-9,11,13-16H,10,12,17H2,1-7H3,(H,32,37)(H,33,35,36). The zero-order chi connectivity index (χ0) is 28.8. The van der Waals surface area contributed by atoms with Crippen molar-refractivity contribution in [1.29, 1.82) is 0 Å². The van der Waals surface area contributed by atoms with E-state index >= 15 is 4.39 Å². The van der Waals surface area contributed by atoms with E-state index in [1.165, 1.54) is 16.8 Å². The van der Waals surface area contributed by atoms with Gasteiger partial charge in [0.25, 0.3) is 5.56 Å². The molecule has 2 aromatic carbocycles. The Kier molecular flexibility index (Phi) is 7.23. The van der Waals surface area contributed by atoms with Gasteiger partial charge in [-0.05, 0) is 67.9 Å². The summed E-state index contributed by atoms with van der Waals surface area (Å²) in [4.78, 5) is 38.7. The van der Waals surface area contributed by atoms with E-state index < -0.39 is 28.6 Å². The molecule has 0 saturated carbocycles. The quantitative estimate of drug-likeness (QED) is 0.470. The number of aryl methyl sites for hydroxylation is 1. The minimum atomic E-state index is -1.71. The SMILES string of the molecule is COc1c(-c2ccc3c(c2)CCC3(F)CNC(=O)OC(C)(C)C)cc(-n2ccc(=O)[nH]c2=O)cc1C(C)(C)C. The Labute approximate surface area is 227 Å². The number of hydrogen-bond donors (Lipinski definition) is 2. The normalized spacial score (nSPS) is 17.0. The number of alkyl halides is 1. The molecular weight excluding hydrogens is 501 g/mol. The first-order valence-corrected chi connectivity index (χ1v) is 13.0. The summed E-state index contributed by atoms with van der Waals surface area (Å²) >= 11 is 0. The number of carbonyl (C=O) groups excluding carboxylic acids is 1. The van der Waals surface area contributed by atoms with E-state index in [9.17, 15) is 14.4 Å². The molecule has 1 unspecified atom stereocenters. The lowest BCUT2D eigenvalue weighted by Crippen LogP contribution is -2.39. The number of aromatic nitrogens is 2. The highest BCUT2D eigenvalue weighted by atomic mass is 19.1. The lowest BCUT2D eigenvalue weighted by Gasteiger charge is -2.26. The summed E-state index contributed by atoms with van der Waals surface area (Å²) in [5, 5.41) is 2.57. The van der Waals surface area contributed by atoms with Crippen molar-refractivity contribution in [2.24, 2.45) is 0 Å². The number of nitrogens with zero attached hydrogens (tertiary/aromatic N) is 1. The largest absolute Gasteiger partial charge is 0.496 e. The van der Waals surface area contributed by atoms with Gasteiger partial charge in [-0.25, -0.2) is 14.0 Å². The summed E-state index contributed by atoms with van der Waals surface area (Å²) in [6, 6.07) is 10.5. The number of H-pyrrole nitrogens is 1. The van der Waals surface area contributed by atoms with Crippen LogP contribution in [0.2, 0.25) is 0 Å². The van der Waals surface area contributed by atoms with Crippen LogP contribution in [0.3, 0.4) is 0 Å². The van der Waals surface area contributed by atoms with Crippen molar-refractivity contribution in [2.75, 3.05) is 13.7 Å². The number of carbonyl (C=O) groups is 1.